The summed E-state index contributed by atoms with van der Waals surface area (Å²) in [5.41, 5.74) is 0.954. The molecule has 5 nitrogen and oxygen atoms in total. The molecular formula is C14H16FN3O2. The summed E-state index contributed by atoms with van der Waals surface area (Å²) in [6.45, 7) is 4.53. The van der Waals surface area contributed by atoms with Crippen LogP contribution in [0.3, 0.4) is 0 Å². The zero-order valence-electron chi connectivity index (χ0n) is 11.3. The summed E-state index contributed by atoms with van der Waals surface area (Å²) >= 11 is 0. The molecule has 0 spiro atoms. The van der Waals surface area contributed by atoms with Crippen molar-refractivity contribution in [2.45, 2.75) is 19.6 Å². The quantitative estimate of drug-likeness (QED) is 0.860. The number of hydrogen-bond acceptors (Lipinski definition) is 5. The molecule has 1 aliphatic heterocycles. The van der Waals surface area contributed by atoms with Crippen LogP contribution in [0.25, 0.3) is 0 Å². The molecule has 1 aliphatic rings. The molecule has 20 heavy (non-hydrogen) atoms. The third-order valence-corrected chi connectivity index (χ3v) is 3.28. The van der Waals surface area contributed by atoms with Crippen LogP contribution in [0.4, 0.5) is 4.39 Å². The van der Waals surface area contributed by atoms with Crippen LogP contribution in [0.5, 0.6) is 0 Å². The number of aromatic nitrogens is 2. The average Bonchev–Trinajstić information content (AvgIpc) is 2.86. The Balaban J connectivity index is 1.66. The van der Waals surface area contributed by atoms with Gasteiger partial charge in [-0.15, -0.1) is 0 Å². The Kier molecular flexibility index (Phi) is 3.75. The fourth-order valence-electron chi connectivity index (χ4n) is 2.34. The van der Waals surface area contributed by atoms with Gasteiger partial charge in [0, 0.05) is 26.6 Å². The lowest BCUT2D eigenvalue weighted by Gasteiger charge is -2.31. The molecule has 106 valence electrons. The van der Waals surface area contributed by atoms with Crippen molar-refractivity contribution in [3.8, 4) is 0 Å². The van der Waals surface area contributed by atoms with E-state index in [0.29, 0.717) is 31.4 Å². The van der Waals surface area contributed by atoms with E-state index >= 15 is 0 Å². The minimum Gasteiger partial charge on any atom is -0.367 e. The van der Waals surface area contributed by atoms with Crippen LogP contribution in [0.1, 0.15) is 23.4 Å². The van der Waals surface area contributed by atoms with Crippen molar-refractivity contribution in [1.82, 2.24) is 15.0 Å². The van der Waals surface area contributed by atoms with E-state index in [1.807, 2.05) is 6.07 Å². The van der Waals surface area contributed by atoms with Gasteiger partial charge in [0.1, 0.15) is 11.9 Å². The van der Waals surface area contributed by atoms with Crippen molar-refractivity contribution in [1.29, 1.82) is 0 Å². The van der Waals surface area contributed by atoms with Gasteiger partial charge in [-0.1, -0.05) is 17.3 Å². The lowest BCUT2D eigenvalue weighted by atomic mass is 10.2. The van der Waals surface area contributed by atoms with Crippen LogP contribution in [-0.4, -0.2) is 34.7 Å². The SMILES string of the molecule is Cc1nc([C@@H]2CN(Cc3cccc(F)c3)CCO2)no1. The summed E-state index contributed by atoms with van der Waals surface area (Å²) in [5, 5.41) is 3.90. The summed E-state index contributed by atoms with van der Waals surface area (Å²) in [5.74, 6) is 0.901. The molecule has 1 aromatic heterocycles. The normalized spacial score (nSPS) is 20.2. The monoisotopic (exact) mass is 277 g/mol. The Morgan fingerprint density at radius 3 is 3.10 bits per heavy atom. The predicted octanol–water partition coefficient (Wildman–Crippen LogP) is 2.09. The molecule has 0 N–H and O–H groups in total. The highest BCUT2D eigenvalue weighted by Crippen LogP contribution is 2.21. The topological polar surface area (TPSA) is 51.4 Å². The highest BCUT2D eigenvalue weighted by atomic mass is 19.1. The maximum Gasteiger partial charge on any atom is 0.223 e. The molecule has 1 saturated heterocycles. The fourth-order valence-corrected chi connectivity index (χ4v) is 2.34. The summed E-state index contributed by atoms with van der Waals surface area (Å²) in [7, 11) is 0. The van der Waals surface area contributed by atoms with Crippen LogP contribution in [0.15, 0.2) is 28.8 Å². The first kappa shape index (κ1) is 13.2. The van der Waals surface area contributed by atoms with E-state index in [9.17, 15) is 4.39 Å². The van der Waals surface area contributed by atoms with Gasteiger partial charge in [0.2, 0.25) is 11.7 Å². The number of morpholine rings is 1. The summed E-state index contributed by atoms with van der Waals surface area (Å²) in [6.07, 6.45) is -0.185. The minimum atomic E-state index is -0.207. The van der Waals surface area contributed by atoms with E-state index < -0.39 is 0 Å². The zero-order valence-corrected chi connectivity index (χ0v) is 11.3. The standard InChI is InChI=1S/C14H16FN3O2/c1-10-16-14(17-20-10)13-9-18(5-6-19-13)8-11-3-2-4-12(15)7-11/h2-4,7,13H,5-6,8-9H2,1H3/t13-/m0/s1. The minimum absolute atomic E-state index is 0.185. The first-order valence-electron chi connectivity index (χ1n) is 6.59. The van der Waals surface area contributed by atoms with E-state index in [1.165, 1.54) is 6.07 Å². The van der Waals surface area contributed by atoms with Crippen molar-refractivity contribution >= 4 is 0 Å². The summed E-state index contributed by atoms with van der Waals surface area (Å²) in [4.78, 5) is 6.40. The number of benzene rings is 1. The van der Waals surface area contributed by atoms with Crippen LogP contribution in [0.2, 0.25) is 0 Å². The Labute approximate surface area is 116 Å². The Morgan fingerprint density at radius 2 is 2.35 bits per heavy atom. The Hall–Kier alpha value is -1.79. The summed E-state index contributed by atoms with van der Waals surface area (Å²) < 4.78 is 23.8. The smallest absolute Gasteiger partial charge is 0.223 e. The first-order chi connectivity index (χ1) is 9.70. The maximum atomic E-state index is 13.2. The molecule has 0 amide bonds. The molecule has 0 saturated carbocycles. The second kappa shape index (κ2) is 5.68. The fraction of sp³-hybridized carbons (Fsp3) is 0.429. The van der Waals surface area contributed by atoms with Gasteiger partial charge in [-0.3, -0.25) is 4.90 Å². The number of nitrogens with zero attached hydrogens (tertiary/aromatic N) is 3. The second-order valence-electron chi connectivity index (χ2n) is 4.90. The van der Waals surface area contributed by atoms with Crippen LogP contribution < -0.4 is 0 Å². The molecule has 2 heterocycles. The first-order valence-corrected chi connectivity index (χ1v) is 6.59. The van der Waals surface area contributed by atoms with Crippen molar-refractivity contribution in [2.24, 2.45) is 0 Å². The van der Waals surface area contributed by atoms with Crippen molar-refractivity contribution in [2.75, 3.05) is 19.7 Å². The molecule has 0 radical (unpaired) electrons. The zero-order chi connectivity index (χ0) is 13.9. The molecule has 3 rings (SSSR count). The third kappa shape index (κ3) is 3.02. The molecule has 0 bridgehead atoms. The van der Waals surface area contributed by atoms with Crippen molar-refractivity contribution in [3.05, 3.63) is 47.4 Å². The molecule has 6 heteroatoms. The number of aryl methyl sites for hydroxylation is 1. The van der Waals surface area contributed by atoms with E-state index in [0.717, 1.165) is 12.1 Å². The lowest BCUT2D eigenvalue weighted by molar-refractivity contribution is -0.0380. The molecule has 1 atom stereocenters. The van der Waals surface area contributed by atoms with Crippen molar-refractivity contribution < 1.29 is 13.7 Å². The maximum absolute atomic E-state index is 13.2. The van der Waals surface area contributed by atoms with Gasteiger partial charge in [0.15, 0.2) is 0 Å². The number of ether oxygens (including phenoxy) is 1. The largest absolute Gasteiger partial charge is 0.367 e. The van der Waals surface area contributed by atoms with E-state index in [2.05, 4.69) is 15.0 Å². The predicted molar refractivity (Wildman–Crippen MR) is 69.4 cm³/mol. The van der Waals surface area contributed by atoms with Crippen LogP contribution in [-0.2, 0) is 11.3 Å². The van der Waals surface area contributed by atoms with Gasteiger partial charge in [-0.2, -0.15) is 4.98 Å². The van der Waals surface area contributed by atoms with Gasteiger partial charge in [0.25, 0.3) is 0 Å². The number of halogens is 1. The Bertz CT molecular complexity index is 587. The van der Waals surface area contributed by atoms with Crippen LogP contribution >= 0.6 is 0 Å². The second-order valence-corrected chi connectivity index (χ2v) is 4.90. The molecule has 1 fully saturated rings. The van der Waals surface area contributed by atoms with Crippen molar-refractivity contribution in [3.63, 3.8) is 0 Å². The van der Waals surface area contributed by atoms with Gasteiger partial charge in [-0.25, -0.2) is 4.39 Å². The molecule has 2 aromatic rings. The Morgan fingerprint density at radius 1 is 1.45 bits per heavy atom. The molecule has 1 aromatic carbocycles. The van der Waals surface area contributed by atoms with Gasteiger partial charge < -0.3 is 9.26 Å². The van der Waals surface area contributed by atoms with Crippen LogP contribution in [0, 0.1) is 12.7 Å². The molecular weight excluding hydrogens is 261 g/mol. The van der Waals surface area contributed by atoms with Gasteiger partial charge in [0.05, 0.1) is 6.61 Å². The summed E-state index contributed by atoms with van der Waals surface area (Å²) in [6, 6.07) is 6.66. The molecule has 0 aliphatic carbocycles. The lowest BCUT2D eigenvalue weighted by Crippen LogP contribution is -2.38. The van der Waals surface area contributed by atoms with Gasteiger partial charge >= 0.3 is 0 Å². The van der Waals surface area contributed by atoms with E-state index in [-0.39, 0.29) is 11.9 Å². The van der Waals surface area contributed by atoms with E-state index in [4.69, 9.17) is 9.26 Å². The highest BCUT2D eigenvalue weighted by Gasteiger charge is 2.25. The number of hydrogen-bond donors (Lipinski definition) is 0. The highest BCUT2D eigenvalue weighted by molar-refractivity contribution is 5.16. The van der Waals surface area contributed by atoms with E-state index in [1.54, 1.807) is 19.1 Å². The van der Waals surface area contributed by atoms with Gasteiger partial charge in [-0.05, 0) is 17.7 Å². The average molecular weight is 277 g/mol. The number of rotatable bonds is 3. The molecule has 0 unspecified atom stereocenters. The third-order valence-electron chi connectivity index (χ3n) is 3.28.